The largest absolute Gasteiger partial charge is 1.00 e. The molecule has 0 spiro atoms. The summed E-state index contributed by atoms with van der Waals surface area (Å²) in [5.41, 5.74) is 9.81. The molecular formula is C2H9N2NaZn. The van der Waals surface area contributed by atoms with Crippen LogP contribution in [-0.4, -0.2) is 13.1 Å². The van der Waals surface area contributed by atoms with E-state index in [1.807, 2.05) is 0 Å². The molecule has 0 atom stereocenters. The van der Waals surface area contributed by atoms with Gasteiger partial charge in [0.25, 0.3) is 0 Å². The Hall–Kier alpha value is 1.54. The zero-order chi connectivity index (χ0) is 3.41. The standard InChI is InChI=1S/C2H8N2.Na.Zn.H/c3-1-2-4;;;/h1-4H2;;;/q;+1;;-1. The quantitative estimate of drug-likeness (QED) is 0.374. The Bertz CT molecular complexity index is 17.7. The second-order valence-electron chi connectivity index (χ2n) is 0.577. The van der Waals surface area contributed by atoms with E-state index < -0.39 is 0 Å². The third-order valence-electron chi connectivity index (χ3n) is 0.167. The van der Waals surface area contributed by atoms with Crippen molar-refractivity contribution in [3.8, 4) is 0 Å². The summed E-state index contributed by atoms with van der Waals surface area (Å²) in [5.74, 6) is 0. The van der Waals surface area contributed by atoms with E-state index in [2.05, 4.69) is 0 Å². The van der Waals surface area contributed by atoms with Gasteiger partial charge in [0.15, 0.2) is 0 Å². The molecule has 0 aromatic heterocycles. The summed E-state index contributed by atoms with van der Waals surface area (Å²) in [6.07, 6.45) is 0. The number of nitrogens with two attached hydrogens (primary N) is 2. The monoisotopic (exact) mass is 148 g/mol. The number of hydrogen-bond acceptors (Lipinski definition) is 2. The fraction of sp³-hybridized carbons (Fsp3) is 1.00. The first-order chi connectivity index (χ1) is 1.91. The van der Waals surface area contributed by atoms with Crippen molar-refractivity contribution in [2.24, 2.45) is 11.5 Å². The van der Waals surface area contributed by atoms with Crippen molar-refractivity contribution >= 4 is 0 Å². The van der Waals surface area contributed by atoms with Gasteiger partial charge in [-0.05, 0) is 0 Å². The normalized spacial score (nSPS) is 5.00. The molecule has 0 saturated heterocycles. The van der Waals surface area contributed by atoms with Gasteiger partial charge in [0.1, 0.15) is 0 Å². The molecule has 4 heteroatoms. The Labute approximate surface area is 74.6 Å². The average molecular weight is 149 g/mol. The molecule has 0 radical (unpaired) electrons. The van der Waals surface area contributed by atoms with E-state index in [1.165, 1.54) is 0 Å². The molecule has 0 rings (SSSR count). The summed E-state index contributed by atoms with van der Waals surface area (Å²) in [6.45, 7) is 1.19. The molecule has 0 saturated carbocycles. The van der Waals surface area contributed by atoms with E-state index in [9.17, 15) is 0 Å². The van der Waals surface area contributed by atoms with Gasteiger partial charge in [-0.1, -0.05) is 0 Å². The van der Waals surface area contributed by atoms with Gasteiger partial charge < -0.3 is 12.9 Å². The predicted octanol–water partition coefficient (Wildman–Crippen LogP) is -3.98. The molecule has 2 nitrogen and oxygen atoms in total. The Kier molecular flexibility index (Phi) is 41.8. The summed E-state index contributed by atoms with van der Waals surface area (Å²) in [4.78, 5) is 0. The van der Waals surface area contributed by atoms with Crippen molar-refractivity contribution < 1.29 is 50.5 Å². The van der Waals surface area contributed by atoms with Crippen molar-refractivity contribution in [1.82, 2.24) is 0 Å². The second-order valence-corrected chi connectivity index (χ2v) is 0.577. The van der Waals surface area contributed by atoms with Crippen molar-refractivity contribution in [3.63, 3.8) is 0 Å². The molecule has 0 unspecified atom stereocenters. The molecule has 0 fully saturated rings. The first-order valence-electron chi connectivity index (χ1n) is 1.32. The van der Waals surface area contributed by atoms with Crippen LogP contribution in [0.25, 0.3) is 0 Å². The summed E-state index contributed by atoms with van der Waals surface area (Å²) < 4.78 is 0. The minimum Gasteiger partial charge on any atom is -1.00 e. The molecule has 30 valence electrons. The van der Waals surface area contributed by atoms with E-state index in [0.29, 0.717) is 13.1 Å². The topological polar surface area (TPSA) is 52.0 Å². The third-order valence-corrected chi connectivity index (χ3v) is 0.167. The Morgan fingerprint density at radius 3 is 1.33 bits per heavy atom. The van der Waals surface area contributed by atoms with Crippen LogP contribution < -0.4 is 41.0 Å². The van der Waals surface area contributed by atoms with Crippen LogP contribution in [0.15, 0.2) is 0 Å². The maximum Gasteiger partial charge on any atom is 1.00 e. The Morgan fingerprint density at radius 1 is 1.17 bits per heavy atom. The van der Waals surface area contributed by atoms with E-state index in [-0.39, 0.29) is 50.5 Å². The van der Waals surface area contributed by atoms with Crippen LogP contribution >= 0.6 is 0 Å². The number of hydrogen-bond donors (Lipinski definition) is 2. The van der Waals surface area contributed by atoms with Gasteiger partial charge in [-0.3, -0.25) is 0 Å². The molecule has 0 aromatic rings. The van der Waals surface area contributed by atoms with Crippen molar-refractivity contribution in [3.05, 3.63) is 0 Å². The molecular weight excluding hydrogens is 140 g/mol. The van der Waals surface area contributed by atoms with Gasteiger partial charge in [0, 0.05) is 32.6 Å². The zero-order valence-corrected chi connectivity index (χ0v) is 9.24. The van der Waals surface area contributed by atoms with Crippen LogP contribution in [0.4, 0.5) is 0 Å². The smallest absolute Gasteiger partial charge is 1.00 e. The van der Waals surface area contributed by atoms with Crippen molar-refractivity contribution in [2.45, 2.75) is 0 Å². The molecule has 0 aromatic carbocycles. The van der Waals surface area contributed by atoms with Crippen LogP contribution in [0.3, 0.4) is 0 Å². The van der Waals surface area contributed by atoms with Crippen LogP contribution in [0.2, 0.25) is 0 Å². The van der Waals surface area contributed by atoms with Gasteiger partial charge in [0.05, 0.1) is 0 Å². The minimum atomic E-state index is 0. The molecule has 0 amide bonds. The Morgan fingerprint density at radius 2 is 1.33 bits per heavy atom. The summed E-state index contributed by atoms with van der Waals surface area (Å²) in [6, 6.07) is 0. The molecule has 0 aliphatic carbocycles. The van der Waals surface area contributed by atoms with Gasteiger partial charge in [-0.15, -0.1) is 0 Å². The van der Waals surface area contributed by atoms with Gasteiger partial charge in [-0.25, -0.2) is 0 Å². The minimum absolute atomic E-state index is 0. The summed E-state index contributed by atoms with van der Waals surface area (Å²) in [7, 11) is 0. The summed E-state index contributed by atoms with van der Waals surface area (Å²) >= 11 is 0. The van der Waals surface area contributed by atoms with Gasteiger partial charge in [-0.2, -0.15) is 0 Å². The van der Waals surface area contributed by atoms with E-state index >= 15 is 0 Å². The van der Waals surface area contributed by atoms with Gasteiger partial charge in [0.2, 0.25) is 0 Å². The SMILES string of the molecule is NCCN.[H-].[Na+].[Zn]. The zero-order valence-electron chi connectivity index (χ0n) is 5.28. The van der Waals surface area contributed by atoms with E-state index in [4.69, 9.17) is 11.5 Å². The van der Waals surface area contributed by atoms with Crippen LogP contribution in [0, 0.1) is 0 Å². The predicted molar refractivity (Wildman–Crippen MR) is 19.2 cm³/mol. The Balaban J connectivity index is -0.0000000150. The average Bonchev–Trinajstić information content (AvgIpc) is 1.37. The van der Waals surface area contributed by atoms with Crippen LogP contribution in [0.5, 0.6) is 0 Å². The van der Waals surface area contributed by atoms with Crippen LogP contribution in [-0.2, 0) is 19.5 Å². The second kappa shape index (κ2) is 16.0. The number of rotatable bonds is 1. The van der Waals surface area contributed by atoms with Gasteiger partial charge >= 0.3 is 29.6 Å². The van der Waals surface area contributed by atoms with E-state index in [1.54, 1.807) is 0 Å². The van der Waals surface area contributed by atoms with Crippen molar-refractivity contribution in [1.29, 1.82) is 0 Å². The maximum atomic E-state index is 4.90. The molecule has 0 aliphatic rings. The summed E-state index contributed by atoms with van der Waals surface area (Å²) in [5, 5.41) is 0. The van der Waals surface area contributed by atoms with Crippen molar-refractivity contribution in [2.75, 3.05) is 13.1 Å². The molecule has 0 heterocycles. The first-order valence-corrected chi connectivity index (χ1v) is 1.32. The van der Waals surface area contributed by atoms with E-state index in [0.717, 1.165) is 0 Å². The maximum absolute atomic E-state index is 4.90. The third kappa shape index (κ3) is 17.7. The molecule has 6 heavy (non-hydrogen) atoms. The fourth-order valence-electron chi connectivity index (χ4n) is 0. The molecule has 0 aliphatic heterocycles. The van der Waals surface area contributed by atoms with Crippen LogP contribution in [0.1, 0.15) is 1.43 Å². The first kappa shape index (κ1) is 15.6. The molecule has 4 N–H and O–H groups in total. The molecule has 0 bridgehead atoms. The fourth-order valence-corrected chi connectivity index (χ4v) is 0.